The maximum atomic E-state index is 12.6. The van der Waals surface area contributed by atoms with Gasteiger partial charge in [-0.2, -0.15) is 0 Å². The van der Waals surface area contributed by atoms with Crippen LogP contribution in [0.5, 0.6) is 0 Å². The van der Waals surface area contributed by atoms with Gasteiger partial charge in [0.2, 0.25) is 23.6 Å². The zero-order valence-corrected chi connectivity index (χ0v) is 13.2. The maximum absolute atomic E-state index is 12.6. The van der Waals surface area contributed by atoms with E-state index in [1.807, 2.05) is 20.8 Å². The first-order chi connectivity index (χ1) is 10.2. The average Bonchev–Trinajstić information content (AvgIpc) is 2.73. The monoisotopic (exact) mass is 306 g/mol. The van der Waals surface area contributed by atoms with Crippen molar-refractivity contribution in [1.29, 1.82) is 0 Å². The number of nitrogens with zero attached hydrogens (tertiary/aromatic N) is 1. The van der Waals surface area contributed by atoms with E-state index in [1.165, 1.54) is 4.90 Å². The molecule has 1 aliphatic carbocycles. The molecule has 2 saturated heterocycles. The number of imide groups is 2. The first-order valence-corrected chi connectivity index (χ1v) is 7.94. The predicted molar refractivity (Wildman–Crippen MR) is 77.2 cm³/mol. The molecule has 3 rings (SSSR count). The number of amides is 4. The highest BCUT2D eigenvalue weighted by Crippen LogP contribution is 2.42. The molecule has 4 unspecified atom stereocenters. The van der Waals surface area contributed by atoms with Crippen molar-refractivity contribution in [1.82, 2.24) is 10.2 Å². The van der Waals surface area contributed by atoms with E-state index in [1.54, 1.807) is 0 Å². The number of hydrogen-bond acceptors (Lipinski definition) is 4. The second kappa shape index (κ2) is 4.89. The van der Waals surface area contributed by atoms with Crippen LogP contribution in [0.25, 0.3) is 0 Å². The molecule has 0 aromatic rings. The number of hydrogen-bond donors (Lipinski definition) is 1. The Morgan fingerprint density at radius 2 is 1.14 bits per heavy atom. The van der Waals surface area contributed by atoms with Crippen LogP contribution < -0.4 is 5.32 Å². The van der Waals surface area contributed by atoms with Gasteiger partial charge in [-0.1, -0.05) is 0 Å². The van der Waals surface area contributed by atoms with Crippen molar-refractivity contribution in [2.75, 3.05) is 0 Å². The quantitative estimate of drug-likeness (QED) is 0.673. The van der Waals surface area contributed by atoms with Gasteiger partial charge in [0, 0.05) is 17.4 Å². The fourth-order valence-corrected chi connectivity index (χ4v) is 4.15. The molecule has 0 aromatic heterocycles. The van der Waals surface area contributed by atoms with Crippen LogP contribution in [0.2, 0.25) is 0 Å². The van der Waals surface area contributed by atoms with Gasteiger partial charge in [0.05, 0.1) is 11.8 Å². The minimum Gasteiger partial charge on any atom is -0.296 e. The van der Waals surface area contributed by atoms with Gasteiger partial charge in [-0.25, -0.2) is 0 Å². The molecule has 0 aromatic carbocycles. The normalized spacial score (nSPS) is 35.9. The largest absolute Gasteiger partial charge is 0.296 e. The predicted octanol–water partition coefficient (Wildman–Crippen LogP) is 0.849. The van der Waals surface area contributed by atoms with Crippen molar-refractivity contribution >= 4 is 23.6 Å². The van der Waals surface area contributed by atoms with Crippen LogP contribution in [0.4, 0.5) is 0 Å². The molecule has 22 heavy (non-hydrogen) atoms. The molecule has 0 spiro atoms. The molecular formula is C16H22N2O4. The Morgan fingerprint density at radius 3 is 1.50 bits per heavy atom. The summed E-state index contributed by atoms with van der Waals surface area (Å²) in [7, 11) is 0. The Labute approximate surface area is 129 Å². The highest BCUT2D eigenvalue weighted by molar-refractivity contribution is 6.07. The Hall–Kier alpha value is -1.72. The number of carbonyl (C=O) groups excluding carboxylic acids is 4. The van der Waals surface area contributed by atoms with E-state index >= 15 is 0 Å². The Morgan fingerprint density at radius 1 is 0.773 bits per heavy atom. The van der Waals surface area contributed by atoms with Gasteiger partial charge in [-0.05, 0) is 46.5 Å². The van der Waals surface area contributed by atoms with Gasteiger partial charge in [-0.15, -0.1) is 0 Å². The molecule has 4 atom stereocenters. The minimum atomic E-state index is -0.529. The molecular weight excluding hydrogens is 284 g/mol. The van der Waals surface area contributed by atoms with Crippen LogP contribution in [0.15, 0.2) is 0 Å². The van der Waals surface area contributed by atoms with Crippen molar-refractivity contribution in [3.63, 3.8) is 0 Å². The molecule has 0 radical (unpaired) electrons. The zero-order chi connectivity index (χ0) is 16.2. The van der Waals surface area contributed by atoms with Gasteiger partial charge < -0.3 is 0 Å². The van der Waals surface area contributed by atoms with Gasteiger partial charge in [-0.3, -0.25) is 29.4 Å². The number of likely N-dealkylation sites (tertiary alicyclic amines) is 1. The summed E-state index contributed by atoms with van der Waals surface area (Å²) in [6.45, 7) is 5.56. The number of nitrogens with one attached hydrogen (secondary N) is 1. The lowest BCUT2D eigenvalue weighted by Gasteiger charge is -2.30. The number of fused-ring (bicyclic) bond motifs is 2. The summed E-state index contributed by atoms with van der Waals surface area (Å²) in [5, 5.41) is 2.38. The van der Waals surface area contributed by atoms with Crippen LogP contribution in [0.1, 0.15) is 46.5 Å². The summed E-state index contributed by atoms with van der Waals surface area (Å²) in [6, 6.07) is 0. The molecule has 3 aliphatic rings. The van der Waals surface area contributed by atoms with Crippen molar-refractivity contribution < 1.29 is 19.2 Å². The van der Waals surface area contributed by atoms with E-state index < -0.39 is 5.54 Å². The molecule has 6 heteroatoms. The molecule has 0 bridgehead atoms. The van der Waals surface area contributed by atoms with Gasteiger partial charge >= 0.3 is 0 Å². The summed E-state index contributed by atoms with van der Waals surface area (Å²) in [5.74, 6) is -2.03. The highest BCUT2D eigenvalue weighted by atomic mass is 16.2. The van der Waals surface area contributed by atoms with E-state index in [4.69, 9.17) is 0 Å². The summed E-state index contributed by atoms with van der Waals surface area (Å²) in [5.41, 5.74) is -0.529. The molecule has 2 aliphatic heterocycles. The van der Waals surface area contributed by atoms with Crippen LogP contribution in [-0.2, 0) is 19.2 Å². The van der Waals surface area contributed by atoms with Gasteiger partial charge in [0.1, 0.15) is 0 Å². The smallest absolute Gasteiger partial charge is 0.233 e. The van der Waals surface area contributed by atoms with Gasteiger partial charge in [0.25, 0.3) is 0 Å². The molecule has 120 valence electrons. The molecule has 6 nitrogen and oxygen atoms in total. The zero-order valence-electron chi connectivity index (χ0n) is 13.2. The van der Waals surface area contributed by atoms with E-state index in [-0.39, 0.29) is 47.3 Å². The van der Waals surface area contributed by atoms with Crippen molar-refractivity contribution in [2.24, 2.45) is 23.7 Å². The van der Waals surface area contributed by atoms with Crippen LogP contribution in [0, 0.1) is 23.7 Å². The number of carbonyl (C=O) groups is 4. The third kappa shape index (κ3) is 2.16. The Balaban J connectivity index is 1.86. The SMILES string of the molecule is CC(C)(C)N1C(=O)C2CCC3C(=O)NC(=O)C3CCC2C1=O. The third-order valence-corrected chi connectivity index (χ3v) is 5.21. The van der Waals surface area contributed by atoms with Crippen molar-refractivity contribution in [3.8, 4) is 0 Å². The maximum Gasteiger partial charge on any atom is 0.233 e. The summed E-state index contributed by atoms with van der Waals surface area (Å²) >= 11 is 0. The van der Waals surface area contributed by atoms with Crippen LogP contribution in [0.3, 0.4) is 0 Å². The second-order valence-electron chi connectivity index (χ2n) is 7.62. The number of rotatable bonds is 0. The lowest BCUT2D eigenvalue weighted by atomic mass is 9.76. The second-order valence-corrected chi connectivity index (χ2v) is 7.62. The van der Waals surface area contributed by atoms with E-state index in [0.717, 1.165) is 0 Å². The first kappa shape index (κ1) is 15.2. The lowest BCUT2D eigenvalue weighted by molar-refractivity contribution is -0.145. The van der Waals surface area contributed by atoms with Gasteiger partial charge in [0.15, 0.2) is 0 Å². The Bertz CT molecular complexity index is 521. The molecule has 1 N–H and O–H groups in total. The molecule has 1 saturated carbocycles. The standard InChI is InChI=1S/C16H22N2O4/c1-16(2,3)18-14(21)10-6-4-8-9(13(20)17-12(8)19)5-7-11(10)15(18)22/h8-11H,4-7H2,1-3H3,(H,17,19,20). The molecule has 3 fully saturated rings. The topological polar surface area (TPSA) is 83.6 Å². The summed E-state index contributed by atoms with van der Waals surface area (Å²) < 4.78 is 0. The fourth-order valence-electron chi connectivity index (χ4n) is 4.15. The minimum absolute atomic E-state index is 0.120. The van der Waals surface area contributed by atoms with Crippen molar-refractivity contribution in [3.05, 3.63) is 0 Å². The Kier molecular flexibility index (Phi) is 3.38. The summed E-state index contributed by atoms with van der Waals surface area (Å²) in [4.78, 5) is 50.4. The highest BCUT2D eigenvalue weighted by Gasteiger charge is 2.53. The molecule has 4 amide bonds. The first-order valence-electron chi connectivity index (χ1n) is 7.94. The van der Waals surface area contributed by atoms with E-state index in [9.17, 15) is 19.2 Å². The van der Waals surface area contributed by atoms with Crippen molar-refractivity contribution in [2.45, 2.75) is 52.0 Å². The van der Waals surface area contributed by atoms with E-state index in [2.05, 4.69) is 5.32 Å². The van der Waals surface area contributed by atoms with Crippen LogP contribution >= 0.6 is 0 Å². The average molecular weight is 306 g/mol. The molecule has 2 heterocycles. The summed E-state index contributed by atoms with van der Waals surface area (Å²) in [6.07, 6.45) is 2.01. The fraction of sp³-hybridized carbons (Fsp3) is 0.750. The van der Waals surface area contributed by atoms with Crippen LogP contribution in [-0.4, -0.2) is 34.1 Å². The van der Waals surface area contributed by atoms with E-state index in [0.29, 0.717) is 25.7 Å². The third-order valence-electron chi connectivity index (χ3n) is 5.21. The lowest BCUT2D eigenvalue weighted by Crippen LogP contribution is -2.46.